The topological polar surface area (TPSA) is 46.5 Å². The van der Waals surface area contributed by atoms with Gasteiger partial charge in [0.2, 0.25) is 0 Å². The predicted molar refractivity (Wildman–Crippen MR) is 101 cm³/mol. The van der Waals surface area contributed by atoms with E-state index in [9.17, 15) is 4.57 Å². The Labute approximate surface area is 188 Å². The van der Waals surface area contributed by atoms with Gasteiger partial charge < -0.3 is 0 Å². The van der Waals surface area contributed by atoms with Crippen molar-refractivity contribution in [2.24, 2.45) is 0 Å². The minimum atomic E-state index is -2.39. The summed E-state index contributed by atoms with van der Waals surface area (Å²) in [6.45, 7) is 2.69. The summed E-state index contributed by atoms with van der Waals surface area (Å²) in [7, 11) is -2.39. The van der Waals surface area contributed by atoms with Crippen LogP contribution in [0.3, 0.4) is 0 Å². The third-order valence-electron chi connectivity index (χ3n) is 4.20. The Morgan fingerprint density at radius 1 is 0.652 bits per heavy atom. The van der Waals surface area contributed by atoms with Crippen LogP contribution in [-0.4, -0.2) is 62.9 Å². The van der Waals surface area contributed by atoms with E-state index >= 15 is 0 Å². The molecule has 0 saturated heterocycles. The van der Waals surface area contributed by atoms with E-state index in [1.165, 1.54) is 89.9 Å². The van der Waals surface area contributed by atoms with Crippen LogP contribution in [0.15, 0.2) is 0 Å². The van der Waals surface area contributed by atoms with E-state index in [0.717, 1.165) is 12.8 Å². The first-order valence-corrected chi connectivity index (χ1v) is 10.7. The van der Waals surface area contributed by atoms with Crippen molar-refractivity contribution in [3.63, 3.8) is 0 Å². The Morgan fingerprint density at radius 3 is 1.26 bits per heavy atom. The van der Waals surface area contributed by atoms with Crippen molar-refractivity contribution >= 4 is 59.6 Å². The second-order valence-electron chi connectivity index (χ2n) is 6.37. The normalized spacial score (nSPS) is 11.3. The quantitative estimate of drug-likeness (QED) is 0.169. The SMILES string of the molecule is CCCCCCCCCCCCCCCCCCO[P+](=O)O.[K]. The van der Waals surface area contributed by atoms with Gasteiger partial charge in [0.15, 0.2) is 0 Å². The molecule has 0 aromatic heterocycles. The average molecular weight is 373 g/mol. The van der Waals surface area contributed by atoms with Crippen LogP contribution < -0.4 is 0 Å². The van der Waals surface area contributed by atoms with Crippen molar-refractivity contribution in [2.75, 3.05) is 6.61 Å². The Kier molecular flexibility index (Phi) is 27.6. The molecule has 23 heavy (non-hydrogen) atoms. The fourth-order valence-corrected chi connectivity index (χ4v) is 3.08. The summed E-state index contributed by atoms with van der Waals surface area (Å²) in [5.41, 5.74) is 0. The van der Waals surface area contributed by atoms with E-state index in [0.29, 0.717) is 6.61 Å². The van der Waals surface area contributed by atoms with E-state index in [2.05, 4.69) is 11.4 Å². The molecule has 133 valence electrons. The molecule has 0 aromatic carbocycles. The van der Waals surface area contributed by atoms with Crippen molar-refractivity contribution < 1.29 is 14.0 Å². The van der Waals surface area contributed by atoms with E-state index in [-0.39, 0.29) is 51.4 Å². The van der Waals surface area contributed by atoms with Crippen molar-refractivity contribution in [1.29, 1.82) is 0 Å². The van der Waals surface area contributed by atoms with Crippen molar-refractivity contribution in [2.45, 2.75) is 110 Å². The minimum absolute atomic E-state index is 0. The number of hydrogen-bond acceptors (Lipinski definition) is 2. The number of hydrogen-bond donors (Lipinski definition) is 1. The summed E-state index contributed by atoms with van der Waals surface area (Å²) in [5, 5.41) is 0. The molecular weight excluding hydrogens is 334 g/mol. The zero-order valence-corrected chi connectivity index (χ0v) is 19.7. The van der Waals surface area contributed by atoms with Gasteiger partial charge in [-0.05, 0) is 6.42 Å². The molecule has 0 aliphatic heterocycles. The Balaban J connectivity index is 0. The smallest absolute Gasteiger partial charge is 0.133 e. The first kappa shape index (κ1) is 26.9. The maximum absolute atomic E-state index is 10.3. The monoisotopic (exact) mass is 372 g/mol. The van der Waals surface area contributed by atoms with E-state index in [1.807, 2.05) is 0 Å². The van der Waals surface area contributed by atoms with Crippen LogP contribution in [0.2, 0.25) is 0 Å². The van der Waals surface area contributed by atoms with Crippen LogP contribution in [0.5, 0.6) is 0 Å². The van der Waals surface area contributed by atoms with Gasteiger partial charge in [-0.2, -0.15) is 0 Å². The summed E-state index contributed by atoms with van der Waals surface area (Å²) in [6, 6.07) is 0. The van der Waals surface area contributed by atoms with Crippen LogP contribution in [0, 0.1) is 0 Å². The molecule has 5 heteroatoms. The fourth-order valence-electron chi connectivity index (χ4n) is 2.79. The van der Waals surface area contributed by atoms with Crippen molar-refractivity contribution in [3.8, 4) is 0 Å². The number of unbranched alkanes of at least 4 members (excludes halogenated alkanes) is 15. The molecule has 0 spiro atoms. The molecule has 0 rings (SSSR count). The van der Waals surface area contributed by atoms with Gasteiger partial charge in [-0.15, -0.1) is 9.42 Å². The van der Waals surface area contributed by atoms with Crippen molar-refractivity contribution in [3.05, 3.63) is 0 Å². The van der Waals surface area contributed by atoms with Gasteiger partial charge in [0.1, 0.15) is 6.61 Å². The third-order valence-corrected chi connectivity index (χ3v) is 4.60. The minimum Gasteiger partial charge on any atom is -0.133 e. The summed E-state index contributed by atoms with van der Waals surface area (Å²) in [5.74, 6) is 0. The Morgan fingerprint density at radius 2 is 0.957 bits per heavy atom. The molecule has 1 unspecified atom stereocenters. The molecule has 0 aliphatic carbocycles. The van der Waals surface area contributed by atoms with Gasteiger partial charge >= 0.3 is 8.25 Å². The first-order chi connectivity index (χ1) is 10.8. The van der Waals surface area contributed by atoms with Crippen LogP contribution in [0.1, 0.15) is 110 Å². The zero-order chi connectivity index (χ0) is 16.3. The van der Waals surface area contributed by atoms with Crippen LogP contribution in [-0.2, 0) is 9.09 Å². The van der Waals surface area contributed by atoms with Crippen LogP contribution in [0.4, 0.5) is 0 Å². The summed E-state index contributed by atoms with van der Waals surface area (Å²) < 4.78 is 14.9. The molecule has 3 nitrogen and oxygen atoms in total. The summed E-state index contributed by atoms with van der Waals surface area (Å²) in [6.07, 6.45) is 21.4. The summed E-state index contributed by atoms with van der Waals surface area (Å²) >= 11 is 0. The molecule has 1 N–H and O–H groups in total. The first-order valence-electron chi connectivity index (χ1n) is 9.56. The van der Waals surface area contributed by atoms with Gasteiger partial charge in [0.05, 0.1) is 0 Å². The number of rotatable bonds is 18. The van der Waals surface area contributed by atoms with Gasteiger partial charge in [-0.25, -0.2) is 0 Å². The molecule has 0 fully saturated rings. The third kappa shape index (κ3) is 26.0. The fraction of sp³-hybridized carbons (Fsp3) is 1.00. The molecular formula is C18H38KO3P+. The Bertz CT molecular complexity index is 240. The maximum atomic E-state index is 10.3. The van der Waals surface area contributed by atoms with E-state index in [1.54, 1.807) is 0 Å². The van der Waals surface area contributed by atoms with Gasteiger partial charge in [0, 0.05) is 55.9 Å². The van der Waals surface area contributed by atoms with Crippen LogP contribution >= 0.6 is 8.25 Å². The van der Waals surface area contributed by atoms with Crippen molar-refractivity contribution in [1.82, 2.24) is 0 Å². The molecule has 1 atom stereocenters. The molecule has 0 saturated carbocycles. The van der Waals surface area contributed by atoms with Gasteiger partial charge in [-0.1, -0.05) is 103 Å². The van der Waals surface area contributed by atoms with Gasteiger partial charge in [-0.3, -0.25) is 0 Å². The van der Waals surface area contributed by atoms with E-state index < -0.39 is 8.25 Å². The van der Waals surface area contributed by atoms with E-state index in [4.69, 9.17) is 4.89 Å². The average Bonchev–Trinajstić information content (AvgIpc) is 2.50. The predicted octanol–water partition coefficient (Wildman–Crippen LogP) is 6.53. The second kappa shape index (κ2) is 23.7. The Hall–Kier alpha value is 1.66. The molecule has 0 aliphatic rings. The summed E-state index contributed by atoms with van der Waals surface area (Å²) in [4.78, 5) is 8.46. The zero-order valence-electron chi connectivity index (χ0n) is 15.7. The molecule has 1 radical (unpaired) electrons. The largest absolute Gasteiger partial charge is 0.694 e. The standard InChI is InChI=1S/C18H37O3P.K/c1-2-3-4-5-6-7-8-9-10-11-12-13-14-15-16-17-18-21-22(19)20;/h2-18H2,1H3;/p+1. The molecule has 0 heterocycles. The van der Waals surface area contributed by atoms with Gasteiger partial charge in [0.25, 0.3) is 0 Å². The molecule has 0 amide bonds. The molecule has 0 bridgehead atoms. The molecule has 0 aromatic rings. The maximum Gasteiger partial charge on any atom is 0.694 e. The second-order valence-corrected chi connectivity index (χ2v) is 7.11. The van der Waals surface area contributed by atoms with Crippen LogP contribution in [0.25, 0.3) is 0 Å².